The second-order valence-electron chi connectivity index (χ2n) is 3.05. The van der Waals surface area contributed by atoms with Crippen LogP contribution in [0.4, 0.5) is 10.5 Å². The number of benzene rings is 1. The number of hydrogen-bond donors (Lipinski definition) is 2. The largest absolute Gasteiger partial charge is 0.322 e. The van der Waals surface area contributed by atoms with E-state index in [9.17, 15) is 14.5 Å². The van der Waals surface area contributed by atoms with Crippen molar-refractivity contribution in [1.29, 1.82) is 0 Å². The van der Waals surface area contributed by atoms with Gasteiger partial charge in [0.2, 0.25) is 0 Å². The molecular formula is C9H7N3O3. The van der Waals surface area contributed by atoms with Crippen molar-refractivity contribution in [2.45, 2.75) is 6.04 Å². The van der Waals surface area contributed by atoms with Crippen molar-refractivity contribution < 1.29 is 9.59 Å². The SMILES string of the molecule is O=Nc1ccccc1C1NC(=O)NC1=O. The fourth-order valence-electron chi connectivity index (χ4n) is 1.45. The molecule has 1 aromatic carbocycles. The zero-order valence-corrected chi connectivity index (χ0v) is 7.56. The van der Waals surface area contributed by atoms with Crippen LogP contribution in [-0.2, 0) is 4.79 Å². The Hall–Kier alpha value is -2.24. The number of rotatable bonds is 2. The lowest BCUT2D eigenvalue weighted by Crippen LogP contribution is -2.22. The summed E-state index contributed by atoms with van der Waals surface area (Å²) in [4.78, 5) is 32.7. The second kappa shape index (κ2) is 3.49. The van der Waals surface area contributed by atoms with E-state index >= 15 is 0 Å². The Morgan fingerprint density at radius 3 is 2.53 bits per heavy atom. The number of nitrogens with one attached hydrogen (secondary N) is 2. The molecule has 0 aromatic heterocycles. The van der Waals surface area contributed by atoms with E-state index in [1.54, 1.807) is 18.2 Å². The number of urea groups is 1. The van der Waals surface area contributed by atoms with E-state index in [-0.39, 0.29) is 5.69 Å². The Morgan fingerprint density at radius 1 is 1.20 bits per heavy atom. The summed E-state index contributed by atoms with van der Waals surface area (Å²) in [5, 5.41) is 7.27. The van der Waals surface area contributed by atoms with Crippen molar-refractivity contribution in [3.63, 3.8) is 0 Å². The minimum atomic E-state index is -0.827. The van der Waals surface area contributed by atoms with Crippen LogP contribution in [0.1, 0.15) is 11.6 Å². The van der Waals surface area contributed by atoms with Gasteiger partial charge < -0.3 is 5.32 Å². The van der Waals surface area contributed by atoms with Gasteiger partial charge in [0.1, 0.15) is 11.7 Å². The van der Waals surface area contributed by atoms with E-state index in [0.29, 0.717) is 5.56 Å². The van der Waals surface area contributed by atoms with Crippen LogP contribution in [-0.4, -0.2) is 11.9 Å². The summed E-state index contributed by atoms with van der Waals surface area (Å²) in [5.74, 6) is -0.476. The Bertz CT molecular complexity index is 444. The van der Waals surface area contributed by atoms with Crippen LogP contribution in [0.3, 0.4) is 0 Å². The van der Waals surface area contributed by atoms with Gasteiger partial charge in [-0.15, -0.1) is 4.91 Å². The fraction of sp³-hybridized carbons (Fsp3) is 0.111. The van der Waals surface area contributed by atoms with E-state index < -0.39 is 18.0 Å². The molecular weight excluding hydrogens is 198 g/mol. The molecule has 15 heavy (non-hydrogen) atoms. The number of carbonyl (C=O) groups is 2. The third kappa shape index (κ3) is 1.56. The van der Waals surface area contributed by atoms with Gasteiger partial charge in [0.15, 0.2) is 0 Å². The molecule has 1 atom stereocenters. The topological polar surface area (TPSA) is 87.6 Å². The molecule has 1 aromatic rings. The van der Waals surface area contributed by atoms with Crippen LogP contribution < -0.4 is 10.6 Å². The summed E-state index contributed by atoms with van der Waals surface area (Å²) in [6.07, 6.45) is 0. The Morgan fingerprint density at radius 2 is 1.93 bits per heavy atom. The predicted molar refractivity (Wildman–Crippen MR) is 51.3 cm³/mol. The molecule has 0 spiro atoms. The van der Waals surface area contributed by atoms with Crippen molar-refractivity contribution in [1.82, 2.24) is 10.6 Å². The molecule has 3 amide bonds. The van der Waals surface area contributed by atoms with Gasteiger partial charge in [0, 0.05) is 5.56 Å². The average Bonchev–Trinajstić information content (AvgIpc) is 2.57. The van der Waals surface area contributed by atoms with E-state index in [0.717, 1.165) is 0 Å². The van der Waals surface area contributed by atoms with Crippen molar-refractivity contribution >= 4 is 17.6 Å². The molecule has 2 rings (SSSR count). The first-order valence-corrected chi connectivity index (χ1v) is 4.26. The van der Waals surface area contributed by atoms with Crippen LogP contribution in [0.5, 0.6) is 0 Å². The molecule has 0 saturated carbocycles. The molecule has 1 heterocycles. The Kier molecular flexibility index (Phi) is 2.17. The van der Waals surface area contributed by atoms with Crippen LogP contribution in [0.25, 0.3) is 0 Å². The third-order valence-electron chi connectivity index (χ3n) is 2.12. The Balaban J connectivity index is 2.41. The monoisotopic (exact) mass is 205 g/mol. The normalized spacial score (nSPS) is 19.6. The van der Waals surface area contributed by atoms with E-state index in [2.05, 4.69) is 15.8 Å². The third-order valence-corrected chi connectivity index (χ3v) is 2.12. The van der Waals surface area contributed by atoms with Gasteiger partial charge in [-0.2, -0.15) is 0 Å². The second-order valence-corrected chi connectivity index (χ2v) is 3.05. The van der Waals surface area contributed by atoms with Crippen LogP contribution in [0, 0.1) is 4.91 Å². The summed E-state index contributed by atoms with van der Waals surface area (Å²) in [7, 11) is 0. The number of nitrogens with zero attached hydrogens (tertiary/aromatic N) is 1. The molecule has 1 aliphatic heterocycles. The van der Waals surface area contributed by atoms with Crippen LogP contribution in [0.15, 0.2) is 29.4 Å². The van der Waals surface area contributed by atoms with E-state index in [1.165, 1.54) is 6.07 Å². The first kappa shape index (κ1) is 9.32. The summed E-state index contributed by atoms with van der Waals surface area (Å²) in [6, 6.07) is 4.97. The van der Waals surface area contributed by atoms with Crippen molar-refractivity contribution in [2.75, 3.05) is 0 Å². The first-order chi connectivity index (χ1) is 7.22. The molecule has 0 bridgehead atoms. The summed E-state index contributed by atoms with van der Waals surface area (Å²) >= 11 is 0. The quantitative estimate of drug-likeness (QED) is 0.556. The number of hydrogen-bond acceptors (Lipinski definition) is 4. The molecule has 1 saturated heterocycles. The van der Waals surface area contributed by atoms with Gasteiger partial charge in [-0.05, 0) is 11.2 Å². The van der Waals surface area contributed by atoms with Crippen molar-refractivity contribution in [2.24, 2.45) is 5.18 Å². The lowest BCUT2D eigenvalue weighted by Gasteiger charge is -2.08. The summed E-state index contributed by atoms with van der Waals surface area (Å²) < 4.78 is 0. The number of amides is 3. The molecule has 1 aliphatic rings. The maximum absolute atomic E-state index is 11.3. The van der Waals surface area contributed by atoms with Gasteiger partial charge in [-0.25, -0.2) is 4.79 Å². The predicted octanol–water partition coefficient (Wildman–Crippen LogP) is 0.965. The smallest absolute Gasteiger partial charge is 0.322 e. The maximum atomic E-state index is 11.3. The first-order valence-electron chi connectivity index (χ1n) is 4.26. The van der Waals surface area contributed by atoms with Crippen molar-refractivity contribution in [3.05, 3.63) is 34.7 Å². The minimum Gasteiger partial charge on any atom is -0.322 e. The van der Waals surface area contributed by atoms with Crippen LogP contribution in [0.2, 0.25) is 0 Å². The summed E-state index contributed by atoms with van der Waals surface area (Å²) in [6.45, 7) is 0. The molecule has 6 heteroatoms. The summed E-state index contributed by atoms with van der Waals surface area (Å²) in [5.41, 5.74) is 0.552. The molecule has 1 unspecified atom stereocenters. The lowest BCUT2D eigenvalue weighted by atomic mass is 10.1. The molecule has 0 aliphatic carbocycles. The van der Waals surface area contributed by atoms with Gasteiger partial charge in [-0.1, -0.05) is 18.2 Å². The fourth-order valence-corrected chi connectivity index (χ4v) is 1.45. The van der Waals surface area contributed by atoms with Gasteiger partial charge in [-0.3, -0.25) is 10.1 Å². The van der Waals surface area contributed by atoms with Gasteiger partial charge >= 0.3 is 6.03 Å². The van der Waals surface area contributed by atoms with E-state index in [4.69, 9.17) is 0 Å². The maximum Gasteiger partial charge on any atom is 0.322 e. The van der Waals surface area contributed by atoms with Gasteiger partial charge in [0.05, 0.1) is 0 Å². The molecule has 2 N–H and O–H groups in total. The van der Waals surface area contributed by atoms with Gasteiger partial charge in [0.25, 0.3) is 5.91 Å². The zero-order chi connectivity index (χ0) is 10.8. The molecule has 76 valence electrons. The highest BCUT2D eigenvalue weighted by Gasteiger charge is 2.32. The highest BCUT2D eigenvalue weighted by Crippen LogP contribution is 2.26. The molecule has 6 nitrogen and oxygen atoms in total. The highest BCUT2D eigenvalue weighted by atomic mass is 16.3. The number of nitroso groups, excluding NO2 is 1. The number of imide groups is 1. The standard InChI is InChI=1S/C9H7N3O3/c13-8-7(10-9(14)11-8)5-3-1-2-4-6(5)12-15/h1-4,7H,(H2,10,11,13,14). The van der Waals surface area contributed by atoms with Crippen LogP contribution >= 0.6 is 0 Å². The zero-order valence-electron chi connectivity index (χ0n) is 7.56. The minimum absolute atomic E-state index is 0.153. The average molecular weight is 205 g/mol. The highest BCUT2D eigenvalue weighted by molar-refractivity contribution is 6.05. The van der Waals surface area contributed by atoms with E-state index in [1.807, 2.05) is 0 Å². The van der Waals surface area contributed by atoms with Crippen molar-refractivity contribution in [3.8, 4) is 0 Å². The lowest BCUT2D eigenvalue weighted by molar-refractivity contribution is -0.120. The Labute approximate surface area is 84.6 Å². The number of carbonyl (C=O) groups excluding carboxylic acids is 2. The molecule has 1 fully saturated rings. The molecule has 0 radical (unpaired) electrons.